The number of halogens is 1. The number of rotatable bonds is 2. The number of hydrogen-bond acceptors (Lipinski definition) is 2. The largest absolute Gasteiger partial charge is 0.480 e. The molecule has 2 N–H and O–H groups in total. The molecule has 0 saturated carbocycles. The molecule has 0 amide bonds. The van der Waals surface area contributed by atoms with E-state index in [0.717, 1.165) is 13.8 Å². The first-order valence-electron chi connectivity index (χ1n) is 2.36. The minimum atomic E-state index is -1.67. The molecule has 0 aromatic heterocycles. The number of carboxylic acid groups (broad SMARTS) is 2. The molecule has 0 heterocycles. The SMILES string of the molecule is CC(C)(C(=O)O)C(=O)O.Cl. The zero-order valence-corrected chi connectivity index (χ0v) is 6.44. The Kier molecular flexibility index (Phi) is 4.08. The van der Waals surface area contributed by atoms with Crippen LogP contribution in [0, 0.1) is 5.41 Å². The summed E-state index contributed by atoms with van der Waals surface area (Å²) in [5.41, 5.74) is -1.67. The molecule has 0 aliphatic rings. The Labute approximate surface area is 64.3 Å². The van der Waals surface area contributed by atoms with Crippen LogP contribution in [0.1, 0.15) is 13.8 Å². The van der Waals surface area contributed by atoms with Crippen molar-refractivity contribution in [3.05, 3.63) is 0 Å². The summed E-state index contributed by atoms with van der Waals surface area (Å²) < 4.78 is 0. The molecule has 0 saturated heterocycles. The molecule has 0 rings (SSSR count). The van der Waals surface area contributed by atoms with Gasteiger partial charge in [-0.15, -0.1) is 12.4 Å². The molecular weight excluding hydrogens is 160 g/mol. The van der Waals surface area contributed by atoms with Crippen molar-refractivity contribution >= 4 is 24.3 Å². The first-order valence-corrected chi connectivity index (χ1v) is 2.36. The first kappa shape index (κ1) is 12.0. The molecule has 0 spiro atoms. The van der Waals surface area contributed by atoms with E-state index < -0.39 is 17.4 Å². The summed E-state index contributed by atoms with van der Waals surface area (Å²) in [4.78, 5) is 20.2. The highest BCUT2D eigenvalue weighted by molar-refractivity contribution is 5.97. The molecule has 0 atom stereocenters. The van der Waals surface area contributed by atoms with Gasteiger partial charge in [-0.1, -0.05) is 0 Å². The zero-order chi connectivity index (χ0) is 7.65. The Morgan fingerprint density at radius 3 is 1.30 bits per heavy atom. The maximum Gasteiger partial charge on any atom is 0.320 e. The predicted molar refractivity (Wildman–Crippen MR) is 36.3 cm³/mol. The van der Waals surface area contributed by atoms with Crippen molar-refractivity contribution in [1.29, 1.82) is 0 Å². The second-order valence-corrected chi connectivity index (χ2v) is 2.24. The summed E-state index contributed by atoms with van der Waals surface area (Å²) >= 11 is 0. The van der Waals surface area contributed by atoms with E-state index in [0.29, 0.717) is 0 Å². The smallest absolute Gasteiger partial charge is 0.320 e. The standard InChI is InChI=1S/C5H8O4.ClH/c1-5(2,3(6)7)4(8)9;/h1-2H3,(H,6,7)(H,8,9);1H. The van der Waals surface area contributed by atoms with Crippen molar-refractivity contribution in [3.8, 4) is 0 Å². The van der Waals surface area contributed by atoms with E-state index in [1.165, 1.54) is 0 Å². The van der Waals surface area contributed by atoms with Crippen LogP contribution in [0.3, 0.4) is 0 Å². The lowest BCUT2D eigenvalue weighted by molar-refractivity contribution is -0.161. The van der Waals surface area contributed by atoms with Gasteiger partial charge in [0.25, 0.3) is 0 Å². The van der Waals surface area contributed by atoms with E-state index in [4.69, 9.17) is 10.2 Å². The third-order valence-corrected chi connectivity index (χ3v) is 1.07. The molecule has 0 bridgehead atoms. The second kappa shape index (κ2) is 3.41. The van der Waals surface area contributed by atoms with Crippen LogP contribution < -0.4 is 0 Å². The van der Waals surface area contributed by atoms with Gasteiger partial charge in [-0.25, -0.2) is 0 Å². The maximum atomic E-state index is 10.1. The van der Waals surface area contributed by atoms with Crippen LogP contribution in [0.4, 0.5) is 0 Å². The predicted octanol–water partition coefficient (Wildman–Crippen LogP) is 0.604. The lowest BCUT2D eigenvalue weighted by atomic mass is 9.95. The molecule has 60 valence electrons. The Hall–Kier alpha value is -0.770. The van der Waals surface area contributed by atoms with Gasteiger partial charge < -0.3 is 10.2 Å². The highest BCUT2D eigenvalue weighted by atomic mass is 35.5. The van der Waals surface area contributed by atoms with E-state index in [-0.39, 0.29) is 12.4 Å². The van der Waals surface area contributed by atoms with Gasteiger partial charge in [-0.05, 0) is 13.8 Å². The van der Waals surface area contributed by atoms with E-state index in [9.17, 15) is 9.59 Å². The van der Waals surface area contributed by atoms with Crippen LogP contribution in [-0.4, -0.2) is 22.2 Å². The van der Waals surface area contributed by atoms with Crippen molar-refractivity contribution < 1.29 is 19.8 Å². The fourth-order valence-electron chi connectivity index (χ4n) is 0.0915. The third kappa shape index (κ3) is 2.23. The van der Waals surface area contributed by atoms with Gasteiger partial charge in [0.15, 0.2) is 5.41 Å². The topological polar surface area (TPSA) is 74.6 Å². The maximum absolute atomic E-state index is 10.1. The average Bonchev–Trinajstić information content (AvgIpc) is 1.65. The van der Waals surface area contributed by atoms with E-state index in [2.05, 4.69) is 0 Å². The van der Waals surface area contributed by atoms with Crippen molar-refractivity contribution in [3.63, 3.8) is 0 Å². The summed E-state index contributed by atoms with van der Waals surface area (Å²) in [6.45, 7) is 2.27. The van der Waals surface area contributed by atoms with Crippen LogP contribution in [0.15, 0.2) is 0 Å². The number of hydrogen-bond donors (Lipinski definition) is 2. The minimum Gasteiger partial charge on any atom is -0.480 e. The zero-order valence-electron chi connectivity index (χ0n) is 5.62. The van der Waals surface area contributed by atoms with Gasteiger partial charge in [0.05, 0.1) is 0 Å². The molecule has 10 heavy (non-hydrogen) atoms. The first-order chi connectivity index (χ1) is 3.89. The summed E-state index contributed by atoms with van der Waals surface area (Å²) in [6.07, 6.45) is 0. The molecule has 0 aromatic carbocycles. The number of aliphatic carboxylic acids is 2. The number of carboxylic acids is 2. The monoisotopic (exact) mass is 168 g/mol. The molecule has 0 fully saturated rings. The Morgan fingerprint density at radius 1 is 1.10 bits per heavy atom. The normalized spacial score (nSPS) is 9.80. The van der Waals surface area contributed by atoms with Crippen molar-refractivity contribution in [2.24, 2.45) is 5.41 Å². The molecule has 4 nitrogen and oxygen atoms in total. The van der Waals surface area contributed by atoms with Crippen LogP contribution >= 0.6 is 12.4 Å². The van der Waals surface area contributed by atoms with Gasteiger partial charge in [0, 0.05) is 0 Å². The Balaban J connectivity index is 0. The van der Waals surface area contributed by atoms with Gasteiger partial charge in [-0.3, -0.25) is 9.59 Å². The highest BCUT2D eigenvalue weighted by Crippen LogP contribution is 2.13. The molecule has 0 aromatic rings. The van der Waals surface area contributed by atoms with Crippen molar-refractivity contribution in [1.82, 2.24) is 0 Å². The summed E-state index contributed by atoms with van der Waals surface area (Å²) in [5.74, 6) is -2.65. The molecule has 0 aliphatic carbocycles. The summed E-state index contributed by atoms with van der Waals surface area (Å²) in [6, 6.07) is 0. The highest BCUT2D eigenvalue weighted by Gasteiger charge is 2.35. The van der Waals surface area contributed by atoms with Crippen LogP contribution in [-0.2, 0) is 9.59 Å². The number of carbonyl (C=O) groups is 2. The summed E-state index contributed by atoms with van der Waals surface area (Å²) in [7, 11) is 0. The fraction of sp³-hybridized carbons (Fsp3) is 0.600. The lowest BCUT2D eigenvalue weighted by Crippen LogP contribution is -2.32. The molecule has 0 aliphatic heterocycles. The third-order valence-electron chi connectivity index (χ3n) is 1.07. The van der Waals surface area contributed by atoms with Crippen molar-refractivity contribution in [2.45, 2.75) is 13.8 Å². The van der Waals surface area contributed by atoms with E-state index in [1.807, 2.05) is 0 Å². The van der Waals surface area contributed by atoms with Crippen LogP contribution in [0.5, 0.6) is 0 Å². The van der Waals surface area contributed by atoms with Gasteiger partial charge >= 0.3 is 11.9 Å². The van der Waals surface area contributed by atoms with Crippen LogP contribution in [0.25, 0.3) is 0 Å². The van der Waals surface area contributed by atoms with Gasteiger partial charge in [0.2, 0.25) is 0 Å². The second-order valence-electron chi connectivity index (χ2n) is 2.24. The molecular formula is C5H9ClO4. The molecule has 5 heteroatoms. The Bertz CT molecular complexity index is 136. The Morgan fingerprint density at radius 2 is 1.30 bits per heavy atom. The van der Waals surface area contributed by atoms with Crippen molar-refractivity contribution in [2.75, 3.05) is 0 Å². The average molecular weight is 169 g/mol. The van der Waals surface area contributed by atoms with Gasteiger partial charge in [-0.2, -0.15) is 0 Å². The van der Waals surface area contributed by atoms with E-state index in [1.54, 1.807) is 0 Å². The van der Waals surface area contributed by atoms with E-state index >= 15 is 0 Å². The van der Waals surface area contributed by atoms with Crippen LogP contribution in [0.2, 0.25) is 0 Å². The lowest BCUT2D eigenvalue weighted by Gasteiger charge is -2.10. The summed E-state index contributed by atoms with van der Waals surface area (Å²) in [5, 5.41) is 16.5. The fourth-order valence-corrected chi connectivity index (χ4v) is 0.0915. The minimum absolute atomic E-state index is 0. The molecule has 0 unspecified atom stereocenters. The van der Waals surface area contributed by atoms with Gasteiger partial charge in [0.1, 0.15) is 0 Å². The quantitative estimate of drug-likeness (QED) is 0.593. The molecule has 0 radical (unpaired) electrons.